The Labute approximate surface area is 137 Å². The van der Waals surface area contributed by atoms with Crippen LogP contribution in [0.1, 0.15) is 29.7 Å². The number of hydrogen-bond donors (Lipinski definition) is 0. The highest BCUT2D eigenvalue weighted by molar-refractivity contribution is 5.19. The van der Waals surface area contributed by atoms with Gasteiger partial charge in [-0.1, -0.05) is 30.3 Å². The van der Waals surface area contributed by atoms with Gasteiger partial charge in [-0.05, 0) is 47.9 Å². The molecule has 23 heavy (non-hydrogen) atoms. The highest BCUT2D eigenvalue weighted by Crippen LogP contribution is 2.24. The monoisotopic (exact) mass is 303 g/mol. The van der Waals surface area contributed by atoms with Gasteiger partial charge in [-0.25, -0.2) is 0 Å². The van der Waals surface area contributed by atoms with E-state index in [9.17, 15) is 0 Å². The first-order chi connectivity index (χ1) is 11.3. The van der Waals surface area contributed by atoms with Crippen LogP contribution >= 0.6 is 0 Å². The molecule has 0 aliphatic heterocycles. The summed E-state index contributed by atoms with van der Waals surface area (Å²) in [6.07, 6.45) is 7.43. The van der Waals surface area contributed by atoms with Crippen molar-refractivity contribution in [3.8, 4) is 0 Å². The van der Waals surface area contributed by atoms with Gasteiger partial charge in [0.05, 0.1) is 0 Å². The molecular weight excluding hydrogens is 282 g/mol. The molecule has 0 saturated heterocycles. The molecule has 3 rings (SSSR count). The van der Waals surface area contributed by atoms with Gasteiger partial charge in [0.15, 0.2) is 0 Å². The molecule has 0 amide bonds. The van der Waals surface area contributed by atoms with Crippen LogP contribution in [0.3, 0.4) is 0 Å². The van der Waals surface area contributed by atoms with Crippen molar-refractivity contribution in [1.82, 2.24) is 14.9 Å². The molecule has 116 valence electrons. The van der Waals surface area contributed by atoms with Crippen molar-refractivity contribution >= 4 is 0 Å². The van der Waals surface area contributed by atoms with Gasteiger partial charge in [-0.3, -0.25) is 14.9 Å². The van der Waals surface area contributed by atoms with E-state index in [0.29, 0.717) is 6.04 Å². The summed E-state index contributed by atoms with van der Waals surface area (Å²) in [6.45, 7) is 4.05. The lowest BCUT2D eigenvalue weighted by atomic mass is 10.1. The highest BCUT2D eigenvalue weighted by atomic mass is 15.1. The number of rotatable bonds is 6. The van der Waals surface area contributed by atoms with Crippen LogP contribution in [0.15, 0.2) is 79.4 Å². The summed E-state index contributed by atoms with van der Waals surface area (Å²) in [7, 11) is 0. The molecule has 2 aromatic heterocycles. The minimum atomic E-state index is 0.311. The highest BCUT2D eigenvalue weighted by Gasteiger charge is 2.16. The number of aromatic nitrogens is 2. The third-order valence-corrected chi connectivity index (χ3v) is 4.10. The fourth-order valence-electron chi connectivity index (χ4n) is 2.72. The lowest BCUT2D eigenvalue weighted by Gasteiger charge is -2.29. The lowest BCUT2D eigenvalue weighted by Crippen LogP contribution is -2.26. The lowest BCUT2D eigenvalue weighted by molar-refractivity contribution is 0.192. The molecule has 1 atom stereocenters. The van der Waals surface area contributed by atoms with Crippen LogP contribution in [-0.4, -0.2) is 14.9 Å². The van der Waals surface area contributed by atoms with E-state index in [1.807, 2.05) is 24.8 Å². The third kappa shape index (κ3) is 4.24. The molecule has 0 fully saturated rings. The molecule has 0 spiro atoms. The zero-order valence-electron chi connectivity index (χ0n) is 13.3. The zero-order chi connectivity index (χ0) is 15.9. The van der Waals surface area contributed by atoms with Crippen LogP contribution in [0.2, 0.25) is 0 Å². The van der Waals surface area contributed by atoms with E-state index in [-0.39, 0.29) is 0 Å². The first-order valence-corrected chi connectivity index (χ1v) is 7.90. The maximum absolute atomic E-state index is 4.13. The van der Waals surface area contributed by atoms with E-state index in [1.54, 1.807) is 0 Å². The predicted octanol–water partition coefficient (Wildman–Crippen LogP) is 4.24. The van der Waals surface area contributed by atoms with Crippen molar-refractivity contribution in [2.24, 2.45) is 0 Å². The molecule has 0 radical (unpaired) electrons. The summed E-state index contributed by atoms with van der Waals surface area (Å²) in [5.41, 5.74) is 3.88. The van der Waals surface area contributed by atoms with E-state index in [0.717, 1.165) is 13.1 Å². The first kappa shape index (κ1) is 15.4. The van der Waals surface area contributed by atoms with E-state index < -0.39 is 0 Å². The molecule has 1 aromatic carbocycles. The number of nitrogens with zero attached hydrogens (tertiary/aromatic N) is 3. The van der Waals surface area contributed by atoms with Crippen LogP contribution < -0.4 is 0 Å². The van der Waals surface area contributed by atoms with Crippen molar-refractivity contribution in [2.45, 2.75) is 26.1 Å². The van der Waals surface area contributed by atoms with Crippen molar-refractivity contribution in [3.05, 3.63) is 96.1 Å². The molecular formula is C20H21N3. The van der Waals surface area contributed by atoms with Gasteiger partial charge in [-0.15, -0.1) is 0 Å². The molecule has 2 heterocycles. The van der Waals surface area contributed by atoms with E-state index in [2.05, 4.69) is 76.4 Å². The van der Waals surface area contributed by atoms with Gasteiger partial charge < -0.3 is 0 Å². The molecule has 0 unspecified atom stereocenters. The summed E-state index contributed by atoms with van der Waals surface area (Å²) >= 11 is 0. The normalized spacial score (nSPS) is 12.3. The van der Waals surface area contributed by atoms with Crippen molar-refractivity contribution < 1.29 is 0 Å². The summed E-state index contributed by atoms with van der Waals surface area (Å²) in [6, 6.07) is 19.3. The summed E-state index contributed by atoms with van der Waals surface area (Å²) in [5.74, 6) is 0. The second-order valence-corrected chi connectivity index (χ2v) is 5.70. The molecule has 3 aromatic rings. The Bertz CT molecular complexity index is 657. The summed E-state index contributed by atoms with van der Waals surface area (Å²) < 4.78 is 0. The van der Waals surface area contributed by atoms with Crippen LogP contribution in [0.25, 0.3) is 0 Å². The number of pyridine rings is 2. The van der Waals surface area contributed by atoms with Crippen molar-refractivity contribution in [3.63, 3.8) is 0 Å². The second kappa shape index (κ2) is 7.65. The Kier molecular flexibility index (Phi) is 5.12. The minimum absolute atomic E-state index is 0.311. The predicted molar refractivity (Wildman–Crippen MR) is 92.6 cm³/mol. The number of benzene rings is 1. The Morgan fingerprint density at radius 1 is 0.739 bits per heavy atom. The second-order valence-electron chi connectivity index (χ2n) is 5.70. The van der Waals surface area contributed by atoms with E-state index in [1.165, 1.54) is 16.7 Å². The Morgan fingerprint density at radius 3 is 1.87 bits per heavy atom. The molecule has 0 saturated carbocycles. The average molecular weight is 303 g/mol. The fourth-order valence-corrected chi connectivity index (χ4v) is 2.72. The van der Waals surface area contributed by atoms with Gasteiger partial charge >= 0.3 is 0 Å². The largest absolute Gasteiger partial charge is 0.288 e. The number of hydrogen-bond acceptors (Lipinski definition) is 3. The van der Waals surface area contributed by atoms with Crippen LogP contribution in [-0.2, 0) is 13.1 Å². The van der Waals surface area contributed by atoms with Crippen LogP contribution in [0, 0.1) is 0 Å². The molecule has 0 aliphatic carbocycles. The third-order valence-electron chi connectivity index (χ3n) is 4.10. The van der Waals surface area contributed by atoms with Gasteiger partial charge in [0.25, 0.3) is 0 Å². The van der Waals surface area contributed by atoms with Gasteiger partial charge in [0.1, 0.15) is 0 Å². The summed E-state index contributed by atoms with van der Waals surface area (Å²) in [5, 5.41) is 0. The molecule has 0 bridgehead atoms. The van der Waals surface area contributed by atoms with Gasteiger partial charge in [0, 0.05) is 43.9 Å². The van der Waals surface area contributed by atoms with Crippen molar-refractivity contribution in [1.29, 1.82) is 0 Å². The van der Waals surface area contributed by atoms with Gasteiger partial charge in [-0.2, -0.15) is 0 Å². The fraction of sp³-hybridized carbons (Fsp3) is 0.200. The Morgan fingerprint density at radius 2 is 1.26 bits per heavy atom. The SMILES string of the molecule is C[C@H](c1ccncc1)N(Cc1ccccc1)Cc1ccncc1. The maximum Gasteiger partial charge on any atom is 0.0328 e. The van der Waals surface area contributed by atoms with Crippen molar-refractivity contribution in [2.75, 3.05) is 0 Å². The average Bonchev–Trinajstić information content (AvgIpc) is 2.63. The Balaban J connectivity index is 1.83. The van der Waals surface area contributed by atoms with Crippen LogP contribution in [0.4, 0.5) is 0 Å². The Hall–Kier alpha value is -2.52. The molecule has 0 aliphatic rings. The molecule has 3 nitrogen and oxygen atoms in total. The first-order valence-electron chi connectivity index (χ1n) is 7.90. The standard InChI is InChI=1S/C20H21N3/c1-17(20-9-13-22-14-10-20)23(15-18-5-3-2-4-6-18)16-19-7-11-21-12-8-19/h2-14,17H,15-16H2,1H3/t17-/m1/s1. The maximum atomic E-state index is 4.13. The minimum Gasteiger partial charge on any atom is -0.288 e. The van der Waals surface area contributed by atoms with E-state index in [4.69, 9.17) is 0 Å². The molecule has 0 N–H and O–H groups in total. The molecule has 3 heteroatoms. The van der Waals surface area contributed by atoms with Crippen LogP contribution in [0.5, 0.6) is 0 Å². The van der Waals surface area contributed by atoms with Gasteiger partial charge in [0.2, 0.25) is 0 Å². The topological polar surface area (TPSA) is 29.0 Å². The smallest absolute Gasteiger partial charge is 0.0328 e. The summed E-state index contributed by atoms with van der Waals surface area (Å²) in [4.78, 5) is 10.7. The zero-order valence-corrected chi connectivity index (χ0v) is 13.3. The van der Waals surface area contributed by atoms with E-state index >= 15 is 0 Å². The quantitative estimate of drug-likeness (QED) is 0.682.